The van der Waals surface area contributed by atoms with Crippen LogP contribution in [0.25, 0.3) is 0 Å². The third-order valence-electron chi connectivity index (χ3n) is 3.05. The molecule has 0 bridgehead atoms. The van der Waals surface area contributed by atoms with E-state index in [1.165, 1.54) is 11.3 Å². The molecule has 96 valence electrons. The second-order valence-electron chi connectivity index (χ2n) is 4.41. The van der Waals surface area contributed by atoms with Gasteiger partial charge in [-0.3, -0.25) is 0 Å². The Bertz CT molecular complexity index is 468. The second kappa shape index (κ2) is 5.46. The van der Waals surface area contributed by atoms with Crippen molar-refractivity contribution in [3.05, 3.63) is 16.1 Å². The van der Waals surface area contributed by atoms with Crippen LogP contribution in [0.3, 0.4) is 0 Å². The molecule has 0 spiro atoms. The molecular formula is C11H18N2O2S2. The maximum Gasteiger partial charge on any atom is 0.159 e. The van der Waals surface area contributed by atoms with Crippen molar-refractivity contribution < 1.29 is 8.42 Å². The molecule has 6 heteroatoms. The zero-order valence-electron chi connectivity index (χ0n) is 9.76. The minimum Gasteiger partial charge on any atom is -0.330 e. The molecule has 0 aromatic carbocycles. The molecule has 1 atom stereocenters. The van der Waals surface area contributed by atoms with E-state index in [-0.39, 0.29) is 5.25 Å². The molecule has 0 aliphatic carbocycles. The summed E-state index contributed by atoms with van der Waals surface area (Å²) in [5.41, 5.74) is 5.46. The van der Waals surface area contributed by atoms with Gasteiger partial charge in [0.15, 0.2) is 9.84 Å². The minimum absolute atomic E-state index is 0.315. The summed E-state index contributed by atoms with van der Waals surface area (Å²) in [6.45, 7) is 0.662. The number of hydrogen-bond acceptors (Lipinski definition) is 5. The number of nitrogens with zero attached hydrogens (tertiary/aromatic N) is 1. The molecule has 4 nitrogen and oxygen atoms in total. The molecule has 2 N–H and O–H groups in total. The normalized spacial score (nSPS) is 23.7. The van der Waals surface area contributed by atoms with Crippen molar-refractivity contribution in [1.82, 2.24) is 4.98 Å². The van der Waals surface area contributed by atoms with Crippen LogP contribution in [-0.4, -0.2) is 25.7 Å². The SMILES string of the molecule is NCCCc1cnc(C2CCCCS2(=O)=O)s1. The highest BCUT2D eigenvalue weighted by Crippen LogP contribution is 2.35. The summed E-state index contributed by atoms with van der Waals surface area (Å²) in [4.78, 5) is 5.43. The standard InChI is InChI=1S/C11H18N2O2S2/c12-6-3-4-9-8-13-11(16-9)10-5-1-2-7-17(10,14)15/h8,10H,1-7,12H2. The summed E-state index contributed by atoms with van der Waals surface area (Å²) in [7, 11) is -2.96. The van der Waals surface area contributed by atoms with Crippen LogP contribution in [0.5, 0.6) is 0 Å². The number of aryl methyl sites for hydroxylation is 1. The van der Waals surface area contributed by atoms with E-state index >= 15 is 0 Å². The predicted molar refractivity (Wildman–Crippen MR) is 69.9 cm³/mol. The van der Waals surface area contributed by atoms with Gasteiger partial charge in [-0.2, -0.15) is 0 Å². The van der Waals surface area contributed by atoms with E-state index in [9.17, 15) is 8.42 Å². The fourth-order valence-electron chi connectivity index (χ4n) is 2.10. The number of sulfone groups is 1. The highest BCUT2D eigenvalue weighted by atomic mass is 32.2. The Balaban J connectivity index is 2.13. The second-order valence-corrected chi connectivity index (χ2v) is 7.86. The Morgan fingerprint density at radius 3 is 3.00 bits per heavy atom. The quantitative estimate of drug-likeness (QED) is 0.906. The van der Waals surface area contributed by atoms with Crippen LogP contribution < -0.4 is 5.73 Å². The highest BCUT2D eigenvalue weighted by Gasteiger charge is 2.32. The van der Waals surface area contributed by atoms with Gasteiger partial charge in [0.1, 0.15) is 10.3 Å². The lowest BCUT2D eigenvalue weighted by molar-refractivity contribution is 0.545. The summed E-state index contributed by atoms with van der Waals surface area (Å²) in [6, 6.07) is 0. The minimum atomic E-state index is -2.96. The van der Waals surface area contributed by atoms with E-state index in [1.807, 2.05) is 0 Å². The fourth-order valence-corrected chi connectivity index (χ4v) is 5.44. The van der Waals surface area contributed by atoms with Crippen molar-refractivity contribution in [2.45, 2.75) is 37.4 Å². The van der Waals surface area contributed by atoms with Gasteiger partial charge in [0, 0.05) is 11.1 Å². The third kappa shape index (κ3) is 3.05. The van der Waals surface area contributed by atoms with Gasteiger partial charge in [0.05, 0.1) is 5.75 Å². The van der Waals surface area contributed by atoms with Gasteiger partial charge >= 0.3 is 0 Å². The Labute approximate surface area is 106 Å². The smallest absolute Gasteiger partial charge is 0.159 e. The first kappa shape index (κ1) is 13.0. The number of aromatic nitrogens is 1. The topological polar surface area (TPSA) is 73.0 Å². The van der Waals surface area contributed by atoms with Gasteiger partial charge in [-0.05, 0) is 32.2 Å². The summed E-state index contributed by atoms with van der Waals surface area (Å²) in [5, 5.41) is 0.421. The van der Waals surface area contributed by atoms with E-state index in [2.05, 4.69) is 4.98 Å². The zero-order valence-corrected chi connectivity index (χ0v) is 11.4. The van der Waals surface area contributed by atoms with Crippen LogP contribution in [0.1, 0.15) is 40.8 Å². The van der Waals surface area contributed by atoms with Crippen LogP contribution in [0, 0.1) is 0 Å². The van der Waals surface area contributed by atoms with E-state index < -0.39 is 9.84 Å². The van der Waals surface area contributed by atoms with Crippen molar-refractivity contribution in [2.24, 2.45) is 5.73 Å². The monoisotopic (exact) mass is 274 g/mol. The molecule has 1 unspecified atom stereocenters. The Hall–Kier alpha value is -0.460. The number of nitrogens with two attached hydrogens (primary N) is 1. The van der Waals surface area contributed by atoms with Crippen molar-refractivity contribution >= 4 is 21.2 Å². The molecule has 1 aromatic heterocycles. The van der Waals surface area contributed by atoms with Crippen molar-refractivity contribution in [2.75, 3.05) is 12.3 Å². The maximum atomic E-state index is 12.0. The van der Waals surface area contributed by atoms with Crippen LogP contribution in [0.4, 0.5) is 0 Å². The van der Waals surface area contributed by atoms with Gasteiger partial charge in [-0.1, -0.05) is 6.42 Å². The summed E-state index contributed by atoms with van der Waals surface area (Å²) >= 11 is 1.54. The van der Waals surface area contributed by atoms with Crippen LogP contribution in [-0.2, 0) is 16.3 Å². The zero-order chi connectivity index (χ0) is 12.3. The third-order valence-corrected chi connectivity index (χ3v) is 6.56. The molecule has 0 saturated carbocycles. The van der Waals surface area contributed by atoms with Crippen molar-refractivity contribution in [3.8, 4) is 0 Å². The Morgan fingerprint density at radius 1 is 1.47 bits per heavy atom. The molecule has 1 aliphatic rings. The maximum absolute atomic E-state index is 12.0. The summed E-state index contributed by atoms with van der Waals surface area (Å²) < 4.78 is 23.9. The first-order valence-corrected chi connectivity index (χ1v) is 8.53. The first-order valence-electron chi connectivity index (χ1n) is 6.00. The number of rotatable bonds is 4. The first-order chi connectivity index (χ1) is 8.13. The lowest BCUT2D eigenvalue weighted by Gasteiger charge is -2.19. The molecule has 1 aromatic rings. The lowest BCUT2D eigenvalue weighted by atomic mass is 10.2. The van der Waals surface area contributed by atoms with Gasteiger partial charge < -0.3 is 5.73 Å². The van der Waals surface area contributed by atoms with Gasteiger partial charge in [0.25, 0.3) is 0 Å². The average Bonchev–Trinajstić information content (AvgIpc) is 2.74. The molecule has 2 rings (SSSR count). The van der Waals surface area contributed by atoms with E-state index in [0.29, 0.717) is 12.3 Å². The summed E-state index contributed by atoms with van der Waals surface area (Å²) in [6.07, 6.45) is 6.15. The van der Waals surface area contributed by atoms with E-state index in [0.717, 1.165) is 42.0 Å². The Morgan fingerprint density at radius 2 is 2.29 bits per heavy atom. The molecule has 17 heavy (non-hydrogen) atoms. The Kier molecular flexibility index (Phi) is 4.17. The van der Waals surface area contributed by atoms with Gasteiger partial charge in [-0.15, -0.1) is 11.3 Å². The van der Waals surface area contributed by atoms with Gasteiger partial charge in [-0.25, -0.2) is 13.4 Å². The molecule has 1 saturated heterocycles. The fraction of sp³-hybridized carbons (Fsp3) is 0.727. The van der Waals surface area contributed by atoms with Gasteiger partial charge in [0.2, 0.25) is 0 Å². The largest absolute Gasteiger partial charge is 0.330 e. The van der Waals surface area contributed by atoms with E-state index in [1.54, 1.807) is 6.20 Å². The number of hydrogen-bond donors (Lipinski definition) is 1. The molecule has 1 aliphatic heterocycles. The molecule has 0 amide bonds. The van der Waals surface area contributed by atoms with Crippen molar-refractivity contribution in [1.29, 1.82) is 0 Å². The van der Waals surface area contributed by atoms with Crippen LogP contribution >= 0.6 is 11.3 Å². The lowest BCUT2D eigenvalue weighted by Crippen LogP contribution is -2.21. The molecular weight excluding hydrogens is 256 g/mol. The van der Waals surface area contributed by atoms with Crippen molar-refractivity contribution in [3.63, 3.8) is 0 Å². The molecule has 1 fully saturated rings. The van der Waals surface area contributed by atoms with Crippen LogP contribution in [0.15, 0.2) is 6.20 Å². The highest BCUT2D eigenvalue weighted by molar-refractivity contribution is 7.91. The molecule has 2 heterocycles. The predicted octanol–water partition coefficient (Wildman–Crippen LogP) is 1.67. The summed E-state index contributed by atoms with van der Waals surface area (Å²) in [5.74, 6) is 0.315. The van der Waals surface area contributed by atoms with Crippen LogP contribution in [0.2, 0.25) is 0 Å². The van der Waals surface area contributed by atoms with E-state index in [4.69, 9.17) is 5.73 Å². The number of thiazole rings is 1. The molecule has 0 radical (unpaired) electrons. The average molecular weight is 274 g/mol.